The van der Waals surface area contributed by atoms with Crippen LogP contribution in [0.15, 0.2) is 42.5 Å². The Morgan fingerprint density at radius 1 is 0.950 bits per heavy atom. The van der Waals surface area contributed by atoms with Gasteiger partial charge in [0.2, 0.25) is 0 Å². The number of hydrogen-bond acceptors (Lipinski definition) is 2. The van der Waals surface area contributed by atoms with Crippen LogP contribution in [0.25, 0.3) is 10.8 Å². The molecule has 2 aliphatic rings. The molecule has 2 heterocycles. The lowest BCUT2D eigenvalue weighted by atomic mass is 10.0. The van der Waals surface area contributed by atoms with Crippen molar-refractivity contribution in [2.75, 3.05) is 26.2 Å². The first kappa shape index (κ1) is 12.4. The van der Waals surface area contributed by atoms with Crippen LogP contribution in [0.2, 0.25) is 0 Å². The molecule has 2 aromatic carbocycles. The molecule has 0 aromatic heterocycles. The first-order valence-corrected chi connectivity index (χ1v) is 7.83. The maximum Gasteiger partial charge on any atom is 0.0241 e. The van der Waals surface area contributed by atoms with Gasteiger partial charge in [0.05, 0.1) is 0 Å². The largest absolute Gasteiger partial charge is 0.298 e. The van der Waals surface area contributed by atoms with E-state index in [2.05, 4.69) is 52.3 Å². The summed E-state index contributed by atoms with van der Waals surface area (Å²) in [7, 11) is 0. The zero-order valence-electron chi connectivity index (χ0n) is 12.0. The number of hydrogen-bond donors (Lipinski definition) is 0. The first-order chi connectivity index (χ1) is 9.90. The summed E-state index contributed by atoms with van der Waals surface area (Å²) in [6.07, 6.45) is 2.79. The zero-order valence-corrected chi connectivity index (χ0v) is 12.0. The Kier molecular flexibility index (Phi) is 3.21. The van der Waals surface area contributed by atoms with Crippen molar-refractivity contribution in [3.05, 3.63) is 48.0 Å². The fraction of sp³-hybridized carbons (Fsp3) is 0.444. The third-order valence-corrected chi connectivity index (χ3v) is 4.95. The highest BCUT2D eigenvalue weighted by molar-refractivity contribution is 5.85. The van der Waals surface area contributed by atoms with Crippen LogP contribution in [0, 0.1) is 0 Å². The van der Waals surface area contributed by atoms with Crippen LogP contribution in [0.4, 0.5) is 0 Å². The average Bonchev–Trinajstić information content (AvgIpc) is 2.95. The first-order valence-electron chi connectivity index (χ1n) is 7.83. The Balaban J connectivity index is 1.56. The summed E-state index contributed by atoms with van der Waals surface area (Å²) in [6.45, 7) is 6.16. The maximum atomic E-state index is 2.68. The monoisotopic (exact) mass is 266 g/mol. The van der Waals surface area contributed by atoms with E-state index in [1.165, 1.54) is 55.4 Å². The molecule has 0 N–H and O–H groups in total. The lowest BCUT2D eigenvalue weighted by Crippen LogP contribution is -2.49. The van der Waals surface area contributed by atoms with Gasteiger partial charge in [0.1, 0.15) is 0 Å². The van der Waals surface area contributed by atoms with Crippen molar-refractivity contribution in [1.29, 1.82) is 0 Å². The molecule has 20 heavy (non-hydrogen) atoms. The van der Waals surface area contributed by atoms with Crippen molar-refractivity contribution in [3.63, 3.8) is 0 Å². The van der Waals surface area contributed by atoms with Gasteiger partial charge in [-0.1, -0.05) is 42.5 Å². The van der Waals surface area contributed by atoms with E-state index in [0.717, 1.165) is 12.6 Å². The van der Waals surface area contributed by atoms with Crippen molar-refractivity contribution in [2.24, 2.45) is 0 Å². The van der Waals surface area contributed by atoms with Gasteiger partial charge >= 0.3 is 0 Å². The predicted molar refractivity (Wildman–Crippen MR) is 83.8 cm³/mol. The van der Waals surface area contributed by atoms with Crippen LogP contribution in [0.1, 0.15) is 18.4 Å². The molecule has 0 amide bonds. The Labute approximate surface area is 121 Å². The smallest absolute Gasteiger partial charge is 0.0241 e. The average molecular weight is 266 g/mol. The van der Waals surface area contributed by atoms with E-state index < -0.39 is 0 Å². The summed E-state index contributed by atoms with van der Waals surface area (Å²) in [5, 5.41) is 2.79. The van der Waals surface area contributed by atoms with Gasteiger partial charge in [0.15, 0.2) is 0 Å². The maximum absolute atomic E-state index is 2.68. The number of piperazine rings is 1. The molecule has 2 nitrogen and oxygen atoms in total. The summed E-state index contributed by atoms with van der Waals surface area (Å²) >= 11 is 0. The molecule has 1 unspecified atom stereocenters. The third-order valence-electron chi connectivity index (χ3n) is 4.95. The van der Waals surface area contributed by atoms with Crippen LogP contribution < -0.4 is 0 Å². The predicted octanol–water partition coefficient (Wildman–Crippen LogP) is 3.12. The van der Waals surface area contributed by atoms with Gasteiger partial charge in [-0.05, 0) is 35.7 Å². The molecule has 0 bridgehead atoms. The van der Waals surface area contributed by atoms with E-state index in [4.69, 9.17) is 0 Å². The molecule has 0 saturated carbocycles. The van der Waals surface area contributed by atoms with Gasteiger partial charge in [0.25, 0.3) is 0 Å². The second-order valence-electron chi connectivity index (χ2n) is 6.21. The van der Waals surface area contributed by atoms with Crippen molar-refractivity contribution in [1.82, 2.24) is 9.80 Å². The SMILES string of the molecule is c1ccc2c(CN3CCN4CCCC4C3)cccc2c1. The van der Waals surface area contributed by atoms with Crippen LogP contribution >= 0.6 is 0 Å². The molecule has 104 valence electrons. The van der Waals surface area contributed by atoms with Gasteiger partial charge in [-0.2, -0.15) is 0 Å². The van der Waals surface area contributed by atoms with Gasteiger partial charge in [-0.3, -0.25) is 9.80 Å². The van der Waals surface area contributed by atoms with Crippen LogP contribution in [0.3, 0.4) is 0 Å². The Morgan fingerprint density at radius 2 is 1.85 bits per heavy atom. The highest BCUT2D eigenvalue weighted by Gasteiger charge is 2.30. The highest BCUT2D eigenvalue weighted by Crippen LogP contribution is 2.24. The molecule has 2 aromatic rings. The fourth-order valence-corrected chi connectivity index (χ4v) is 3.87. The second kappa shape index (κ2) is 5.19. The molecule has 2 fully saturated rings. The number of benzene rings is 2. The lowest BCUT2D eigenvalue weighted by molar-refractivity contribution is 0.0997. The molecule has 4 rings (SSSR count). The Morgan fingerprint density at radius 3 is 2.85 bits per heavy atom. The summed E-state index contributed by atoms with van der Waals surface area (Å²) in [6, 6.07) is 16.3. The molecule has 0 spiro atoms. The van der Waals surface area contributed by atoms with Gasteiger partial charge in [0, 0.05) is 32.2 Å². The van der Waals surface area contributed by atoms with Gasteiger partial charge in [-0.25, -0.2) is 0 Å². The zero-order chi connectivity index (χ0) is 13.4. The van der Waals surface area contributed by atoms with Crippen LogP contribution in [0.5, 0.6) is 0 Å². The molecule has 2 saturated heterocycles. The van der Waals surface area contributed by atoms with Crippen LogP contribution in [-0.2, 0) is 6.54 Å². The summed E-state index contributed by atoms with van der Waals surface area (Å²) < 4.78 is 0. The third kappa shape index (κ3) is 2.23. The van der Waals surface area contributed by atoms with Gasteiger partial charge < -0.3 is 0 Å². The second-order valence-corrected chi connectivity index (χ2v) is 6.21. The van der Waals surface area contributed by atoms with E-state index in [9.17, 15) is 0 Å². The van der Waals surface area contributed by atoms with E-state index >= 15 is 0 Å². The lowest BCUT2D eigenvalue weighted by Gasteiger charge is -2.37. The molecule has 0 aliphatic carbocycles. The highest BCUT2D eigenvalue weighted by atomic mass is 15.3. The minimum atomic E-state index is 0.818. The van der Waals surface area contributed by atoms with Crippen molar-refractivity contribution in [3.8, 4) is 0 Å². The minimum absolute atomic E-state index is 0.818. The van der Waals surface area contributed by atoms with Crippen LogP contribution in [-0.4, -0.2) is 42.0 Å². The number of rotatable bonds is 2. The molecule has 2 heteroatoms. The molecule has 2 aliphatic heterocycles. The Bertz CT molecular complexity index is 602. The van der Waals surface area contributed by atoms with E-state index in [1.807, 2.05) is 0 Å². The summed E-state index contributed by atoms with van der Waals surface area (Å²) in [5.41, 5.74) is 1.48. The summed E-state index contributed by atoms with van der Waals surface area (Å²) in [4.78, 5) is 5.33. The minimum Gasteiger partial charge on any atom is -0.298 e. The van der Waals surface area contributed by atoms with Crippen molar-refractivity contribution < 1.29 is 0 Å². The molecule has 1 atom stereocenters. The van der Waals surface area contributed by atoms with E-state index in [0.29, 0.717) is 0 Å². The Hall–Kier alpha value is -1.38. The van der Waals surface area contributed by atoms with E-state index in [-0.39, 0.29) is 0 Å². The van der Waals surface area contributed by atoms with E-state index in [1.54, 1.807) is 0 Å². The topological polar surface area (TPSA) is 6.48 Å². The normalized spacial score (nSPS) is 24.1. The number of fused-ring (bicyclic) bond motifs is 2. The number of nitrogens with zero attached hydrogens (tertiary/aromatic N) is 2. The fourth-order valence-electron chi connectivity index (χ4n) is 3.87. The molecule has 0 radical (unpaired) electrons. The van der Waals surface area contributed by atoms with Crippen molar-refractivity contribution in [2.45, 2.75) is 25.4 Å². The molecular formula is C18H22N2. The van der Waals surface area contributed by atoms with Crippen molar-refractivity contribution >= 4 is 10.8 Å². The summed E-state index contributed by atoms with van der Waals surface area (Å²) in [5.74, 6) is 0. The van der Waals surface area contributed by atoms with Gasteiger partial charge in [-0.15, -0.1) is 0 Å². The molecular weight excluding hydrogens is 244 g/mol. The quantitative estimate of drug-likeness (QED) is 0.824. The standard InChI is InChI=1S/C18H22N2/c1-2-9-18-15(5-1)6-3-7-16(18)13-19-11-12-20-10-4-8-17(20)14-19/h1-3,5-7,9,17H,4,8,10-14H2.